The Bertz CT molecular complexity index is 619. The Hall–Kier alpha value is -2.29. The zero-order chi connectivity index (χ0) is 16.6. The van der Waals surface area contributed by atoms with Gasteiger partial charge in [0.1, 0.15) is 0 Å². The summed E-state index contributed by atoms with van der Waals surface area (Å²) in [5.74, 6) is 0.739. The number of likely N-dealkylation sites (tertiary alicyclic amines) is 1. The first-order chi connectivity index (χ1) is 11.8. The first-order valence-electron chi connectivity index (χ1n) is 8.92. The summed E-state index contributed by atoms with van der Waals surface area (Å²) in [5.41, 5.74) is 2.56. The molecule has 0 aromatic heterocycles. The largest absolute Gasteiger partial charge is 0.334 e. The Morgan fingerprint density at radius 2 is 1.50 bits per heavy atom. The summed E-state index contributed by atoms with van der Waals surface area (Å²) in [4.78, 5) is 14.2. The van der Waals surface area contributed by atoms with Gasteiger partial charge in [0.15, 0.2) is 0 Å². The average molecular weight is 322 g/mol. The van der Waals surface area contributed by atoms with E-state index < -0.39 is 0 Å². The Morgan fingerprint density at radius 3 is 2.12 bits per heavy atom. The second-order valence-electron chi connectivity index (χ2n) is 6.60. The molecule has 0 saturated carbocycles. The van der Waals surface area contributed by atoms with Crippen LogP contribution in [0.2, 0.25) is 0 Å². The van der Waals surface area contributed by atoms with Gasteiger partial charge in [-0.15, -0.1) is 0 Å². The average Bonchev–Trinajstić information content (AvgIpc) is 2.66. The minimum absolute atomic E-state index is 0.0698. The SMILES string of the molecule is O=C(NCc1ccccc1)N1CCC(CCc2ccccc2)CC1. The first kappa shape index (κ1) is 16.6. The summed E-state index contributed by atoms with van der Waals surface area (Å²) in [6.07, 6.45) is 4.60. The van der Waals surface area contributed by atoms with Gasteiger partial charge in [-0.05, 0) is 42.7 Å². The highest BCUT2D eigenvalue weighted by atomic mass is 16.2. The molecule has 1 saturated heterocycles. The molecule has 0 radical (unpaired) electrons. The van der Waals surface area contributed by atoms with Gasteiger partial charge in [0.05, 0.1) is 0 Å². The molecule has 0 atom stereocenters. The highest BCUT2D eigenvalue weighted by Crippen LogP contribution is 2.22. The van der Waals surface area contributed by atoms with Crippen LogP contribution in [0.1, 0.15) is 30.4 Å². The summed E-state index contributed by atoms with van der Waals surface area (Å²) in [6, 6.07) is 20.8. The number of hydrogen-bond acceptors (Lipinski definition) is 1. The van der Waals surface area contributed by atoms with E-state index in [2.05, 4.69) is 35.6 Å². The summed E-state index contributed by atoms with van der Waals surface area (Å²) < 4.78 is 0. The van der Waals surface area contributed by atoms with Crippen LogP contribution in [0.3, 0.4) is 0 Å². The third-order valence-electron chi connectivity index (χ3n) is 4.87. The number of nitrogens with zero attached hydrogens (tertiary/aromatic N) is 1. The van der Waals surface area contributed by atoms with Gasteiger partial charge in [-0.3, -0.25) is 0 Å². The van der Waals surface area contributed by atoms with E-state index in [1.54, 1.807) is 0 Å². The summed E-state index contributed by atoms with van der Waals surface area (Å²) >= 11 is 0. The topological polar surface area (TPSA) is 32.3 Å². The molecule has 1 N–H and O–H groups in total. The predicted octanol–water partition coefficient (Wildman–Crippen LogP) is 4.24. The molecule has 3 heteroatoms. The molecule has 1 heterocycles. The molecule has 2 aromatic carbocycles. The van der Waals surface area contributed by atoms with Gasteiger partial charge < -0.3 is 10.2 Å². The quantitative estimate of drug-likeness (QED) is 0.877. The monoisotopic (exact) mass is 322 g/mol. The van der Waals surface area contributed by atoms with Crippen LogP contribution in [-0.4, -0.2) is 24.0 Å². The van der Waals surface area contributed by atoms with Crippen molar-refractivity contribution in [2.24, 2.45) is 5.92 Å². The van der Waals surface area contributed by atoms with Crippen LogP contribution in [0.4, 0.5) is 4.79 Å². The lowest BCUT2D eigenvalue weighted by Gasteiger charge is -2.32. The van der Waals surface area contributed by atoms with Gasteiger partial charge in [-0.25, -0.2) is 4.79 Å². The maximum absolute atomic E-state index is 12.3. The van der Waals surface area contributed by atoms with E-state index in [1.807, 2.05) is 35.2 Å². The molecule has 126 valence electrons. The summed E-state index contributed by atoms with van der Waals surface area (Å²) in [6.45, 7) is 2.35. The van der Waals surface area contributed by atoms with Crippen molar-refractivity contribution in [3.05, 3.63) is 71.8 Å². The van der Waals surface area contributed by atoms with Crippen molar-refractivity contribution in [2.45, 2.75) is 32.2 Å². The van der Waals surface area contributed by atoms with E-state index in [9.17, 15) is 4.79 Å². The molecule has 2 aromatic rings. The highest BCUT2D eigenvalue weighted by molar-refractivity contribution is 5.74. The van der Waals surface area contributed by atoms with Crippen molar-refractivity contribution >= 4 is 6.03 Å². The molecular formula is C21H26N2O. The maximum Gasteiger partial charge on any atom is 0.317 e. The normalized spacial score (nSPS) is 15.2. The highest BCUT2D eigenvalue weighted by Gasteiger charge is 2.22. The van der Waals surface area contributed by atoms with E-state index in [1.165, 1.54) is 12.0 Å². The van der Waals surface area contributed by atoms with Crippen molar-refractivity contribution in [1.29, 1.82) is 0 Å². The predicted molar refractivity (Wildman–Crippen MR) is 97.7 cm³/mol. The van der Waals surface area contributed by atoms with Crippen molar-refractivity contribution in [1.82, 2.24) is 10.2 Å². The Balaban J connectivity index is 1.37. The second kappa shape index (κ2) is 8.53. The van der Waals surface area contributed by atoms with Crippen LogP contribution in [-0.2, 0) is 13.0 Å². The fraction of sp³-hybridized carbons (Fsp3) is 0.381. The van der Waals surface area contributed by atoms with Crippen LogP contribution >= 0.6 is 0 Å². The number of aryl methyl sites for hydroxylation is 1. The molecule has 3 rings (SSSR count). The van der Waals surface area contributed by atoms with E-state index >= 15 is 0 Å². The van der Waals surface area contributed by atoms with Crippen LogP contribution in [0, 0.1) is 5.92 Å². The standard InChI is InChI=1S/C21H26N2O/c24-21(22-17-20-9-5-2-6-10-20)23-15-13-19(14-16-23)12-11-18-7-3-1-4-8-18/h1-10,19H,11-17H2,(H,22,24). The molecule has 0 unspecified atom stereocenters. The first-order valence-corrected chi connectivity index (χ1v) is 8.92. The van der Waals surface area contributed by atoms with Crippen molar-refractivity contribution in [3.8, 4) is 0 Å². The molecule has 24 heavy (non-hydrogen) atoms. The molecule has 0 aliphatic carbocycles. The van der Waals surface area contributed by atoms with Crippen molar-refractivity contribution in [3.63, 3.8) is 0 Å². The van der Waals surface area contributed by atoms with Gasteiger partial charge in [-0.1, -0.05) is 60.7 Å². The number of benzene rings is 2. The second-order valence-corrected chi connectivity index (χ2v) is 6.60. The summed E-state index contributed by atoms with van der Waals surface area (Å²) in [5, 5.41) is 3.03. The molecule has 1 aliphatic rings. The molecule has 1 fully saturated rings. The van der Waals surface area contributed by atoms with Crippen molar-refractivity contribution in [2.75, 3.05) is 13.1 Å². The van der Waals surface area contributed by atoms with Crippen LogP contribution in [0.15, 0.2) is 60.7 Å². The number of piperidine rings is 1. The lowest BCUT2D eigenvalue weighted by Crippen LogP contribution is -2.44. The zero-order valence-corrected chi connectivity index (χ0v) is 14.2. The van der Waals surface area contributed by atoms with Gasteiger partial charge in [0, 0.05) is 19.6 Å². The molecule has 2 amide bonds. The van der Waals surface area contributed by atoms with Gasteiger partial charge >= 0.3 is 6.03 Å². The number of carbonyl (C=O) groups is 1. The molecule has 1 aliphatic heterocycles. The van der Waals surface area contributed by atoms with Gasteiger partial charge in [-0.2, -0.15) is 0 Å². The molecule has 0 spiro atoms. The number of carbonyl (C=O) groups excluding carboxylic acids is 1. The smallest absolute Gasteiger partial charge is 0.317 e. The van der Waals surface area contributed by atoms with Crippen molar-refractivity contribution < 1.29 is 4.79 Å². The minimum Gasteiger partial charge on any atom is -0.334 e. The minimum atomic E-state index is 0.0698. The molecule has 0 bridgehead atoms. The van der Waals surface area contributed by atoms with Gasteiger partial charge in [0.25, 0.3) is 0 Å². The van der Waals surface area contributed by atoms with Gasteiger partial charge in [0.2, 0.25) is 0 Å². The maximum atomic E-state index is 12.3. The molecular weight excluding hydrogens is 296 g/mol. The number of amides is 2. The zero-order valence-electron chi connectivity index (χ0n) is 14.2. The Morgan fingerprint density at radius 1 is 0.917 bits per heavy atom. The Labute approximate surface area is 144 Å². The Kier molecular flexibility index (Phi) is 5.89. The summed E-state index contributed by atoms with van der Waals surface area (Å²) in [7, 11) is 0. The lowest BCUT2D eigenvalue weighted by atomic mass is 9.90. The third-order valence-corrected chi connectivity index (χ3v) is 4.87. The number of hydrogen-bond donors (Lipinski definition) is 1. The van der Waals surface area contributed by atoms with Crippen LogP contribution in [0.5, 0.6) is 0 Å². The van der Waals surface area contributed by atoms with E-state index in [4.69, 9.17) is 0 Å². The molecule has 3 nitrogen and oxygen atoms in total. The number of urea groups is 1. The third kappa shape index (κ3) is 4.85. The van der Waals surface area contributed by atoms with E-state index in [0.29, 0.717) is 6.54 Å². The van der Waals surface area contributed by atoms with E-state index in [-0.39, 0.29) is 6.03 Å². The fourth-order valence-electron chi connectivity index (χ4n) is 3.33. The lowest BCUT2D eigenvalue weighted by molar-refractivity contribution is 0.168. The number of rotatable bonds is 5. The number of nitrogens with one attached hydrogen (secondary N) is 1. The fourth-order valence-corrected chi connectivity index (χ4v) is 3.33. The van der Waals surface area contributed by atoms with Crippen LogP contribution < -0.4 is 5.32 Å². The van der Waals surface area contributed by atoms with Crippen LogP contribution in [0.25, 0.3) is 0 Å². The van der Waals surface area contributed by atoms with E-state index in [0.717, 1.165) is 43.8 Å².